The van der Waals surface area contributed by atoms with Gasteiger partial charge in [-0.2, -0.15) is 0 Å². The fourth-order valence-corrected chi connectivity index (χ4v) is 2.49. The third kappa shape index (κ3) is 5.84. The van der Waals surface area contributed by atoms with E-state index in [-0.39, 0.29) is 6.79 Å². The molecule has 0 saturated carbocycles. The Hall–Kier alpha value is -2.95. The lowest BCUT2D eigenvalue weighted by Crippen LogP contribution is -2.08. The Bertz CT molecular complexity index is 729. The van der Waals surface area contributed by atoms with Crippen LogP contribution in [0.3, 0.4) is 0 Å². The van der Waals surface area contributed by atoms with E-state index in [1.165, 1.54) is 7.11 Å². The van der Waals surface area contributed by atoms with E-state index in [9.17, 15) is 0 Å². The molecule has 5 nitrogen and oxygen atoms in total. The molecule has 26 heavy (non-hydrogen) atoms. The Kier molecular flexibility index (Phi) is 7.55. The number of hydrogen-bond donors (Lipinski definition) is 1. The van der Waals surface area contributed by atoms with Crippen LogP contribution in [0.25, 0.3) is 0 Å². The van der Waals surface area contributed by atoms with E-state index in [1.54, 1.807) is 6.21 Å². The van der Waals surface area contributed by atoms with Crippen molar-refractivity contribution in [3.63, 3.8) is 0 Å². The third-order valence-electron chi connectivity index (χ3n) is 3.74. The molecule has 0 aliphatic heterocycles. The summed E-state index contributed by atoms with van der Waals surface area (Å²) in [5.74, 6) is 1.59. The van der Waals surface area contributed by atoms with Crippen LogP contribution in [-0.2, 0) is 4.84 Å². The number of rotatable bonds is 9. The number of aryl methyl sites for hydroxylation is 2. The molecule has 0 aliphatic rings. The molecule has 0 saturated heterocycles. The van der Waals surface area contributed by atoms with Gasteiger partial charge < -0.3 is 19.6 Å². The first-order valence-corrected chi connectivity index (χ1v) is 8.52. The molecule has 138 valence electrons. The summed E-state index contributed by atoms with van der Waals surface area (Å²) in [4.78, 5) is 4.66. The minimum absolute atomic E-state index is 0.151. The standard InChI is InChI=1S/C21H26N2O3/c1-5-6-11-22-19-12-16(2)21(17(3)13-19)26-15-25-20-9-7-18(8-10-20)14-23-24-4/h5-10,12-14,22H,11,15H2,1-4H3/b6-5+,23-14?. The molecule has 0 unspecified atom stereocenters. The Morgan fingerprint density at radius 2 is 1.73 bits per heavy atom. The molecule has 1 N–H and O–H groups in total. The van der Waals surface area contributed by atoms with Gasteiger partial charge in [-0.15, -0.1) is 0 Å². The summed E-state index contributed by atoms with van der Waals surface area (Å²) in [6, 6.07) is 11.7. The maximum atomic E-state index is 5.84. The highest BCUT2D eigenvalue weighted by molar-refractivity contribution is 5.79. The van der Waals surface area contributed by atoms with Crippen LogP contribution in [0.2, 0.25) is 0 Å². The first-order valence-electron chi connectivity index (χ1n) is 8.52. The minimum Gasteiger partial charge on any atom is -0.458 e. The SMILES string of the molecule is C/C=C/CNc1cc(C)c(OCOc2ccc(C=NOC)cc2)c(C)c1. The van der Waals surface area contributed by atoms with Crippen LogP contribution in [0.15, 0.2) is 53.7 Å². The molecule has 0 aromatic heterocycles. The maximum absolute atomic E-state index is 5.84. The number of anilines is 1. The molecule has 0 amide bonds. The van der Waals surface area contributed by atoms with Gasteiger partial charge in [-0.25, -0.2) is 0 Å². The van der Waals surface area contributed by atoms with E-state index in [0.717, 1.165) is 40.4 Å². The summed E-state index contributed by atoms with van der Waals surface area (Å²) < 4.78 is 11.5. The highest BCUT2D eigenvalue weighted by atomic mass is 16.7. The summed E-state index contributed by atoms with van der Waals surface area (Å²) in [6.45, 7) is 7.04. The molecular weight excluding hydrogens is 328 g/mol. The number of nitrogens with one attached hydrogen (secondary N) is 1. The van der Waals surface area contributed by atoms with Crippen LogP contribution in [0, 0.1) is 13.8 Å². The lowest BCUT2D eigenvalue weighted by Gasteiger charge is -2.15. The first kappa shape index (κ1) is 19.4. The van der Waals surface area contributed by atoms with E-state index < -0.39 is 0 Å². The molecule has 2 aromatic rings. The summed E-state index contributed by atoms with van der Waals surface area (Å²) in [5, 5.41) is 7.09. The number of ether oxygens (including phenoxy) is 2. The summed E-state index contributed by atoms with van der Waals surface area (Å²) in [7, 11) is 1.51. The Balaban J connectivity index is 1.91. The molecule has 0 spiro atoms. The van der Waals surface area contributed by atoms with Crippen molar-refractivity contribution in [2.45, 2.75) is 20.8 Å². The first-order chi connectivity index (χ1) is 12.6. The Labute approximate surface area is 155 Å². The summed E-state index contributed by atoms with van der Waals surface area (Å²) >= 11 is 0. The highest BCUT2D eigenvalue weighted by Crippen LogP contribution is 2.27. The molecule has 0 bridgehead atoms. The minimum atomic E-state index is 0.151. The number of allylic oxidation sites excluding steroid dienone is 1. The van der Waals surface area contributed by atoms with Gasteiger partial charge in [0.1, 0.15) is 18.6 Å². The quantitative estimate of drug-likeness (QED) is 0.307. The Morgan fingerprint density at radius 3 is 2.35 bits per heavy atom. The van der Waals surface area contributed by atoms with E-state index in [4.69, 9.17) is 9.47 Å². The van der Waals surface area contributed by atoms with E-state index in [0.29, 0.717) is 0 Å². The van der Waals surface area contributed by atoms with Gasteiger partial charge in [0.15, 0.2) is 0 Å². The number of nitrogens with zero attached hydrogens (tertiary/aromatic N) is 1. The molecule has 2 aromatic carbocycles. The third-order valence-corrected chi connectivity index (χ3v) is 3.74. The van der Waals surface area contributed by atoms with Crippen molar-refractivity contribution in [2.75, 3.05) is 25.8 Å². The van der Waals surface area contributed by atoms with Gasteiger partial charge in [0.05, 0.1) is 6.21 Å². The smallest absolute Gasteiger partial charge is 0.230 e. The van der Waals surface area contributed by atoms with Gasteiger partial charge >= 0.3 is 0 Å². The molecule has 0 fully saturated rings. The van der Waals surface area contributed by atoms with Gasteiger partial charge in [0, 0.05) is 12.2 Å². The number of hydrogen-bond acceptors (Lipinski definition) is 5. The van der Waals surface area contributed by atoms with Crippen LogP contribution in [0.5, 0.6) is 11.5 Å². The van der Waals surface area contributed by atoms with Crippen LogP contribution in [0.1, 0.15) is 23.6 Å². The lowest BCUT2D eigenvalue weighted by atomic mass is 10.1. The van der Waals surface area contributed by atoms with Crippen molar-refractivity contribution >= 4 is 11.9 Å². The maximum Gasteiger partial charge on any atom is 0.230 e. The second-order valence-corrected chi connectivity index (χ2v) is 5.78. The number of benzene rings is 2. The molecule has 2 rings (SSSR count). The van der Waals surface area contributed by atoms with Gasteiger partial charge in [-0.05, 0) is 73.9 Å². The van der Waals surface area contributed by atoms with Crippen molar-refractivity contribution < 1.29 is 14.3 Å². The molecular formula is C21H26N2O3. The summed E-state index contributed by atoms with van der Waals surface area (Å²) in [5.41, 5.74) is 4.16. The predicted octanol–water partition coefficient (Wildman–Crippen LogP) is 4.69. The largest absolute Gasteiger partial charge is 0.458 e. The zero-order valence-corrected chi connectivity index (χ0v) is 15.8. The van der Waals surface area contributed by atoms with Crippen molar-refractivity contribution in [3.8, 4) is 11.5 Å². The summed E-state index contributed by atoms with van der Waals surface area (Å²) in [6.07, 6.45) is 5.74. The predicted molar refractivity (Wildman–Crippen MR) is 106 cm³/mol. The van der Waals surface area contributed by atoms with Crippen LogP contribution >= 0.6 is 0 Å². The monoisotopic (exact) mass is 354 g/mol. The van der Waals surface area contributed by atoms with Gasteiger partial charge in [-0.1, -0.05) is 17.3 Å². The fourth-order valence-electron chi connectivity index (χ4n) is 2.49. The van der Waals surface area contributed by atoms with E-state index >= 15 is 0 Å². The average Bonchev–Trinajstić information content (AvgIpc) is 2.63. The molecule has 0 heterocycles. The lowest BCUT2D eigenvalue weighted by molar-refractivity contribution is 0.118. The number of oxime groups is 1. The zero-order valence-electron chi connectivity index (χ0n) is 15.8. The molecule has 5 heteroatoms. The van der Waals surface area contributed by atoms with Crippen molar-refractivity contribution in [3.05, 3.63) is 65.2 Å². The topological polar surface area (TPSA) is 52.1 Å². The van der Waals surface area contributed by atoms with Gasteiger partial charge in [0.2, 0.25) is 6.79 Å². The normalized spacial score (nSPS) is 11.1. The molecule has 0 aliphatic carbocycles. The fraction of sp³-hybridized carbons (Fsp3) is 0.286. The van der Waals surface area contributed by atoms with E-state index in [2.05, 4.69) is 33.5 Å². The average molecular weight is 354 g/mol. The van der Waals surface area contributed by atoms with Crippen LogP contribution < -0.4 is 14.8 Å². The Morgan fingerprint density at radius 1 is 1.04 bits per heavy atom. The van der Waals surface area contributed by atoms with Crippen LogP contribution in [-0.4, -0.2) is 26.7 Å². The second kappa shape index (κ2) is 10.1. The van der Waals surface area contributed by atoms with Crippen molar-refractivity contribution in [2.24, 2.45) is 5.16 Å². The van der Waals surface area contributed by atoms with Crippen molar-refractivity contribution in [1.29, 1.82) is 0 Å². The van der Waals surface area contributed by atoms with Gasteiger partial charge in [0.25, 0.3) is 0 Å². The van der Waals surface area contributed by atoms with E-state index in [1.807, 2.05) is 51.1 Å². The van der Waals surface area contributed by atoms with Crippen LogP contribution in [0.4, 0.5) is 5.69 Å². The second-order valence-electron chi connectivity index (χ2n) is 5.78. The highest BCUT2D eigenvalue weighted by Gasteiger charge is 2.07. The van der Waals surface area contributed by atoms with Crippen molar-refractivity contribution in [1.82, 2.24) is 0 Å². The van der Waals surface area contributed by atoms with Gasteiger partial charge in [-0.3, -0.25) is 0 Å². The molecule has 0 atom stereocenters. The zero-order chi connectivity index (χ0) is 18.8. The molecule has 0 radical (unpaired) electrons.